The van der Waals surface area contributed by atoms with Gasteiger partial charge in [0.05, 0.1) is 11.7 Å². The van der Waals surface area contributed by atoms with Crippen LogP contribution in [0.4, 0.5) is 5.13 Å². The highest BCUT2D eigenvalue weighted by molar-refractivity contribution is 7.17. The van der Waals surface area contributed by atoms with Crippen molar-refractivity contribution in [2.75, 3.05) is 25.4 Å². The molecular formula is C18H23N5O2S. The first-order valence-electron chi connectivity index (χ1n) is 8.83. The van der Waals surface area contributed by atoms with Gasteiger partial charge in [0.15, 0.2) is 5.13 Å². The number of hydrazine groups is 1. The van der Waals surface area contributed by atoms with E-state index in [2.05, 4.69) is 15.8 Å². The molecule has 4 N–H and O–H groups in total. The van der Waals surface area contributed by atoms with Crippen LogP contribution in [0.5, 0.6) is 5.75 Å². The van der Waals surface area contributed by atoms with Crippen LogP contribution in [0.15, 0.2) is 30.3 Å². The number of nitrogens with one attached hydrogen (secondary N) is 2. The van der Waals surface area contributed by atoms with Gasteiger partial charge < -0.3 is 15.4 Å². The van der Waals surface area contributed by atoms with E-state index in [1.165, 1.54) is 11.3 Å². The molecule has 2 aromatic rings. The minimum atomic E-state index is 0.0322. The molecule has 8 heteroatoms. The van der Waals surface area contributed by atoms with E-state index in [1.807, 2.05) is 42.2 Å². The van der Waals surface area contributed by atoms with Gasteiger partial charge in [0, 0.05) is 25.0 Å². The van der Waals surface area contributed by atoms with Crippen molar-refractivity contribution < 1.29 is 9.53 Å². The van der Waals surface area contributed by atoms with Crippen molar-refractivity contribution in [1.29, 1.82) is 0 Å². The number of piperidine rings is 1. The van der Waals surface area contributed by atoms with E-state index >= 15 is 0 Å². The summed E-state index contributed by atoms with van der Waals surface area (Å²) in [5.74, 6) is 1.20. The number of amides is 1. The molecular weight excluding hydrogens is 350 g/mol. The molecule has 0 radical (unpaired) electrons. The van der Waals surface area contributed by atoms with Gasteiger partial charge in [-0.2, -0.15) is 0 Å². The number of thiazole rings is 1. The molecule has 138 valence electrons. The highest BCUT2D eigenvalue weighted by Crippen LogP contribution is 2.28. The van der Waals surface area contributed by atoms with Gasteiger partial charge in [-0.05, 0) is 25.5 Å². The van der Waals surface area contributed by atoms with E-state index in [0.29, 0.717) is 40.8 Å². The number of aryl methyl sites for hydroxylation is 1. The number of carbonyl (C=O) groups excluding carboxylic acids is 1. The van der Waals surface area contributed by atoms with Crippen LogP contribution in [0.3, 0.4) is 0 Å². The number of hydrogen-bond donors (Lipinski definition) is 3. The number of carbonyl (C=O) groups is 1. The van der Waals surface area contributed by atoms with Crippen LogP contribution in [-0.2, 0) is 0 Å². The lowest BCUT2D eigenvalue weighted by Gasteiger charge is -2.35. The van der Waals surface area contributed by atoms with Crippen molar-refractivity contribution in [2.24, 2.45) is 5.92 Å². The van der Waals surface area contributed by atoms with E-state index in [4.69, 9.17) is 10.5 Å². The minimum absolute atomic E-state index is 0.0322. The normalized spacial score (nSPS) is 25.1. The Bertz CT molecular complexity index is 781. The summed E-state index contributed by atoms with van der Waals surface area (Å²) in [6, 6.07) is 10.3. The second kappa shape index (κ2) is 7.22. The quantitative estimate of drug-likeness (QED) is 0.751. The third kappa shape index (κ3) is 3.40. The number of nitrogens with zero attached hydrogens (tertiary/aromatic N) is 2. The average molecular weight is 373 g/mol. The Morgan fingerprint density at radius 3 is 2.92 bits per heavy atom. The summed E-state index contributed by atoms with van der Waals surface area (Å²) in [6.07, 6.45) is 0.915. The van der Waals surface area contributed by atoms with Crippen molar-refractivity contribution in [3.63, 3.8) is 0 Å². The van der Waals surface area contributed by atoms with Gasteiger partial charge in [-0.3, -0.25) is 15.6 Å². The monoisotopic (exact) mass is 373 g/mol. The summed E-state index contributed by atoms with van der Waals surface area (Å²) in [5, 5.41) is 0.444. The van der Waals surface area contributed by atoms with E-state index in [9.17, 15) is 4.79 Å². The van der Waals surface area contributed by atoms with Crippen LogP contribution in [0, 0.1) is 12.8 Å². The predicted octanol–water partition coefficient (Wildman–Crippen LogP) is 1.42. The number of nitrogens with two attached hydrogens (primary N) is 1. The zero-order valence-electron chi connectivity index (χ0n) is 14.6. The molecule has 1 amide bonds. The summed E-state index contributed by atoms with van der Waals surface area (Å²) >= 11 is 1.27. The van der Waals surface area contributed by atoms with Gasteiger partial charge >= 0.3 is 0 Å². The van der Waals surface area contributed by atoms with Crippen LogP contribution in [0.25, 0.3) is 0 Å². The fourth-order valence-corrected chi connectivity index (χ4v) is 4.50. The molecule has 3 atom stereocenters. The molecule has 1 aromatic carbocycles. The number of benzene rings is 1. The standard InChI is InChI=1S/C18H23N5O2S/c1-11-16(26-18(19)20-11)17(24)23-8-7-14-13(9-23)15(22-21-14)10-25-12-5-3-2-4-6-12/h2-6,13-15,21-22H,7-10H2,1H3,(H2,19,20). The van der Waals surface area contributed by atoms with Crippen LogP contribution in [-0.4, -0.2) is 47.6 Å². The average Bonchev–Trinajstić information content (AvgIpc) is 3.22. The Labute approximate surface area is 156 Å². The van der Waals surface area contributed by atoms with Crippen LogP contribution < -0.4 is 21.3 Å². The zero-order chi connectivity index (χ0) is 18.1. The van der Waals surface area contributed by atoms with Gasteiger partial charge in [-0.25, -0.2) is 4.98 Å². The number of para-hydroxylation sites is 1. The largest absolute Gasteiger partial charge is 0.492 e. The molecule has 2 fully saturated rings. The molecule has 3 heterocycles. The van der Waals surface area contributed by atoms with Crippen molar-refractivity contribution in [1.82, 2.24) is 20.7 Å². The Morgan fingerprint density at radius 2 is 2.19 bits per heavy atom. The Kier molecular flexibility index (Phi) is 4.80. The third-order valence-electron chi connectivity index (χ3n) is 5.10. The van der Waals surface area contributed by atoms with Crippen LogP contribution in [0.1, 0.15) is 21.8 Å². The van der Waals surface area contributed by atoms with Gasteiger partial charge in [0.1, 0.15) is 17.2 Å². The van der Waals surface area contributed by atoms with E-state index in [-0.39, 0.29) is 11.9 Å². The van der Waals surface area contributed by atoms with E-state index in [0.717, 1.165) is 18.7 Å². The molecule has 2 aliphatic rings. The Hall–Kier alpha value is -2.16. The van der Waals surface area contributed by atoms with Crippen molar-refractivity contribution >= 4 is 22.4 Å². The molecule has 0 saturated carbocycles. The van der Waals surface area contributed by atoms with Crippen molar-refractivity contribution in [3.05, 3.63) is 40.9 Å². The lowest BCUT2D eigenvalue weighted by Crippen LogP contribution is -2.49. The summed E-state index contributed by atoms with van der Waals surface area (Å²) in [4.78, 5) is 19.6. The van der Waals surface area contributed by atoms with Crippen molar-refractivity contribution in [2.45, 2.75) is 25.4 Å². The molecule has 3 unspecified atom stereocenters. The van der Waals surface area contributed by atoms with Crippen LogP contribution >= 0.6 is 11.3 Å². The highest BCUT2D eigenvalue weighted by Gasteiger charge is 2.41. The molecule has 0 aliphatic carbocycles. The van der Waals surface area contributed by atoms with Crippen molar-refractivity contribution in [3.8, 4) is 5.75 Å². The number of aromatic nitrogens is 1. The first kappa shape index (κ1) is 17.3. The van der Waals surface area contributed by atoms with Crippen LogP contribution in [0.2, 0.25) is 0 Å². The maximum Gasteiger partial charge on any atom is 0.265 e. The summed E-state index contributed by atoms with van der Waals surface area (Å²) < 4.78 is 5.91. The smallest absolute Gasteiger partial charge is 0.265 e. The number of nitrogen functional groups attached to an aromatic ring is 1. The molecule has 0 bridgehead atoms. The van der Waals surface area contributed by atoms with Gasteiger partial charge in [0.2, 0.25) is 0 Å². The maximum atomic E-state index is 12.9. The van der Waals surface area contributed by atoms with E-state index in [1.54, 1.807) is 0 Å². The fourth-order valence-electron chi connectivity index (χ4n) is 3.70. The molecule has 26 heavy (non-hydrogen) atoms. The van der Waals surface area contributed by atoms with Gasteiger partial charge in [-0.15, -0.1) is 0 Å². The second-order valence-electron chi connectivity index (χ2n) is 6.80. The van der Waals surface area contributed by atoms with E-state index < -0.39 is 0 Å². The fraction of sp³-hybridized carbons (Fsp3) is 0.444. The van der Waals surface area contributed by atoms with Gasteiger partial charge in [-0.1, -0.05) is 29.5 Å². The highest BCUT2D eigenvalue weighted by atomic mass is 32.1. The number of rotatable bonds is 4. The molecule has 2 aliphatic heterocycles. The lowest BCUT2D eigenvalue weighted by molar-refractivity contribution is 0.0644. The number of fused-ring (bicyclic) bond motifs is 1. The lowest BCUT2D eigenvalue weighted by atomic mass is 9.88. The second-order valence-corrected chi connectivity index (χ2v) is 7.83. The first-order valence-corrected chi connectivity index (χ1v) is 9.64. The molecule has 1 aromatic heterocycles. The molecule has 2 saturated heterocycles. The number of likely N-dealkylation sites (tertiary alicyclic amines) is 1. The number of hydrogen-bond acceptors (Lipinski definition) is 7. The summed E-state index contributed by atoms with van der Waals surface area (Å²) in [7, 11) is 0. The SMILES string of the molecule is Cc1nc(N)sc1C(=O)N1CCC2NNC(COc3ccccc3)C2C1. The molecule has 4 rings (SSSR count). The van der Waals surface area contributed by atoms with Gasteiger partial charge in [0.25, 0.3) is 5.91 Å². The maximum absolute atomic E-state index is 12.9. The zero-order valence-corrected chi connectivity index (χ0v) is 15.5. The summed E-state index contributed by atoms with van der Waals surface area (Å²) in [6.45, 7) is 3.83. The topological polar surface area (TPSA) is 92.5 Å². The minimum Gasteiger partial charge on any atom is -0.492 e. The first-order chi connectivity index (χ1) is 12.6. The third-order valence-corrected chi connectivity index (χ3v) is 6.07. The Morgan fingerprint density at radius 1 is 1.38 bits per heavy atom. The summed E-state index contributed by atoms with van der Waals surface area (Å²) in [5.41, 5.74) is 13.2. The molecule has 7 nitrogen and oxygen atoms in total. The predicted molar refractivity (Wildman–Crippen MR) is 101 cm³/mol. The number of anilines is 1. The Balaban J connectivity index is 1.41. The number of ether oxygens (including phenoxy) is 1. The molecule has 0 spiro atoms.